The van der Waals surface area contributed by atoms with E-state index in [0.717, 1.165) is 13.1 Å². The van der Waals surface area contributed by atoms with E-state index >= 15 is 0 Å². The number of amides is 1. The molecule has 2 aliphatic rings. The van der Waals surface area contributed by atoms with Gasteiger partial charge in [0.1, 0.15) is 0 Å². The molecule has 30 heavy (non-hydrogen) atoms. The van der Waals surface area contributed by atoms with Gasteiger partial charge in [-0.2, -0.15) is 0 Å². The van der Waals surface area contributed by atoms with Gasteiger partial charge in [-0.25, -0.2) is 36.7 Å². The van der Waals surface area contributed by atoms with E-state index in [0.29, 0.717) is 38.8 Å². The highest BCUT2D eigenvalue weighted by Crippen LogP contribution is 2.16. The third kappa shape index (κ3) is 13.4. The minimum Gasteiger partial charge on any atom is -0.457 e. The fourth-order valence-corrected chi connectivity index (χ4v) is 4.38. The van der Waals surface area contributed by atoms with Crippen LogP contribution in [-0.2, 0) is 29.5 Å². The zero-order valence-corrected chi connectivity index (χ0v) is 20.0. The molecule has 2 saturated heterocycles. The molecule has 2 fully saturated rings. The molecular weight excluding hydrogens is 487 g/mol. The zero-order valence-electron chi connectivity index (χ0n) is 16.8. The van der Waals surface area contributed by atoms with Gasteiger partial charge in [0.05, 0.1) is 24.7 Å². The largest absolute Gasteiger partial charge is 0.457 e. The quantitative estimate of drug-likeness (QED) is 0.422. The van der Waals surface area contributed by atoms with Crippen LogP contribution in [0, 0.1) is 0 Å². The Labute approximate surface area is 188 Å². The number of sulfonamides is 2. The van der Waals surface area contributed by atoms with Gasteiger partial charge in [0.25, 0.3) is 0 Å². The number of ether oxygens (including phenoxy) is 2. The number of carbonyl (C=O) groups is 2. The molecule has 16 heteroatoms. The van der Waals surface area contributed by atoms with Crippen molar-refractivity contribution >= 4 is 55.6 Å². The maximum atomic E-state index is 11.0. The topological polar surface area (TPSA) is 188 Å². The van der Waals surface area contributed by atoms with Crippen LogP contribution in [0.3, 0.4) is 0 Å². The summed E-state index contributed by atoms with van der Waals surface area (Å²) < 4.78 is 51.8. The SMILES string of the molecule is COC(=O)Cl.COC(=O)N1CCC(S(N)(=O)=O)CC1.Cl.NS(=O)(=O)C1CCNCC1. The first kappa shape index (κ1) is 31.3. The summed E-state index contributed by atoms with van der Waals surface area (Å²) in [4.78, 5) is 21.9. The normalized spacial score (nSPS) is 17.8. The maximum absolute atomic E-state index is 11.0. The molecule has 0 aliphatic carbocycles. The number of nitrogens with one attached hydrogen (secondary N) is 1. The van der Waals surface area contributed by atoms with Crippen molar-refractivity contribution in [3.8, 4) is 0 Å². The molecule has 0 spiro atoms. The van der Waals surface area contributed by atoms with Crippen molar-refractivity contribution in [1.82, 2.24) is 10.2 Å². The lowest BCUT2D eigenvalue weighted by atomic mass is 10.1. The molecule has 0 aromatic heterocycles. The van der Waals surface area contributed by atoms with Gasteiger partial charge >= 0.3 is 11.5 Å². The second-order valence-corrected chi connectivity index (χ2v) is 10.2. The van der Waals surface area contributed by atoms with E-state index in [4.69, 9.17) is 10.3 Å². The lowest BCUT2D eigenvalue weighted by Crippen LogP contribution is -2.44. The van der Waals surface area contributed by atoms with E-state index in [9.17, 15) is 26.4 Å². The summed E-state index contributed by atoms with van der Waals surface area (Å²) in [6.45, 7) is 2.30. The van der Waals surface area contributed by atoms with Crippen molar-refractivity contribution in [3.05, 3.63) is 0 Å². The van der Waals surface area contributed by atoms with Gasteiger partial charge < -0.3 is 19.7 Å². The molecule has 1 amide bonds. The van der Waals surface area contributed by atoms with Crippen LogP contribution in [0.15, 0.2) is 0 Å². The van der Waals surface area contributed by atoms with Crippen LogP contribution < -0.4 is 15.6 Å². The first-order valence-electron chi connectivity index (χ1n) is 8.63. The predicted molar refractivity (Wildman–Crippen MR) is 115 cm³/mol. The molecule has 0 radical (unpaired) electrons. The Kier molecular flexibility index (Phi) is 15.6. The number of rotatable bonds is 2. The predicted octanol–water partition coefficient (Wildman–Crippen LogP) is -0.0540. The Hall–Kier alpha value is -0.900. The Morgan fingerprint density at radius 1 is 0.900 bits per heavy atom. The molecule has 0 atom stereocenters. The average Bonchev–Trinajstić information content (AvgIpc) is 2.67. The Morgan fingerprint density at radius 2 is 1.27 bits per heavy atom. The summed E-state index contributed by atoms with van der Waals surface area (Å²) in [6.07, 6.45) is 1.65. The number of nitrogens with two attached hydrogens (primary N) is 2. The number of nitrogens with zero attached hydrogens (tertiary/aromatic N) is 1. The molecule has 2 aliphatic heterocycles. The molecule has 0 aromatic carbocycles. The molecule has 0 aromatic rings. The van der Waals surface area contributed by atoms with Crippen LogP contribution >= 0.6 is 24.0 Å². The zero-order chi connectivity index (χ0) is 22.7. The molecule has 0 saturated carbocycles. The molecule has 2 rings (SSSR count). The number of methoxy groups -OCH3 is 2. The third-order valence-electron chi connectivity index (χ3n) is 4.25. The van der Waals surface area contributed by atoms with Crippen molar-refractivity contribution < 1.29 is 35.9 Å². The van der Waals surface area contributed by atoms with E-state index in [-0.39, 0.29) is 17.7 Å². The molecule has 2 heterocycles. The summed E-state index contributed by atoms with van der Waals surface area (Å²) in [6, 6.07) is 0. The first-order valence-corrected chi connectivity index (χ1v) is 12.2. The molecule has 180 valence electrons. The van der Waals surface area contributed by atoms with Crippen molar-refractivity contribution in [1.29, 1.82) is 0 Å². The highest BCUT2D eigenvalue weighted by molar-refractivity contribution is 7.90. The van der Waals surface area contributed by atoms with Crippen LogP contribution in [-0.4, -0.2) is 84.2 Å². The molecular formula is C14H30Cl2N4O8S2. The molecule has 12 nitrogen and oxygen atoms in total. The number of piperidine rings is 2. The van der Waals surface area contributed by atoms with Gasteiger partial charge in [-0.1, -0.05) is 0 Å². The number of carbonyl (C=O) groups excluding carboxylic acids is 2. The van der Waals surface area contributed by atoms with E-state index in [2.05, 4.69) is 26.4 Å². The number of halogens is 2. The van der Waals surface area contributed by atoms with Crippen LogP contribution in [0.2, 0.25) is 0 Å². The second-order valence-electron chi connectivity index (χ2n) is 6.23. The number of primary sulfonamides is 2. The van der Waals surface area contributed by atoms with Gasteiger partial charge in [0, 0.05) is 24.7 Å². The van der Waals surface area contributed by atoms with Crippen molar-refractivity contribution in [3.63, 3.8) is 0 Å². The van der Waals surface area contributed by atoms with Crippen LogP contribution in [0.25, 0.3) is 0 Å². The maximum Gasteiger partial charge on any atom is 0.409 e. The fraction of sp³-hybridized carbons (Fsp3) is 0.857. The Morgan fingerprint density at radius 3 is 1.53 bits per heavy atom. The second kappa shape index (κ2) is 15.0. The van der Waals surface area contributed by atoms with E-state index in [1.54, 1.807) is 0 Å². The summed E-state index contributed by atoms with van der Waals surface area (Å²) >= 11 is 4.60. The van der Waals surface area contributed by atoms with Gasteiger partial charge in [0.15, 0.2) is 0 Å². The summed E-state index contributed by atoms with van der Waals surface area (Å²) in [5, 5.41) is 12.2. The Balaban J connectivity index is 0. The lowest BCUT2D eigenvalue weighted by Gasteiger charge is -2.29. The van der Waals surface area contributed by atoms with E-state index < -0.39 is 36.8 Å². The minimum absolute atomic E-state index is 0. The standard InChI is InChI=1S/C7H14N2O4S.C5H12N2O2S.C2H3ClO2.ClH/c1-13-7(10)9-4-2-6(3-5-9)14(8,11)12;6-10(8,9)5-1-3-7-4-2-5;1-5-2(3)4;/h6H,2-5H2,1H3,(H2,8,11,12);5,7H,1-4H2,(H2,6,8,9);1H3;1H. The molecule has 0 bridgehead atoms. The minimum atomic E-state index is -3.46. The first-order chi connectivity index (χ1) is 13.3. The van der Waals surface area contributed by atoms with Crippen molar-refractivity contribution in [2.75, 3.05) is 40.4 Å². The van der Waals surface area contributed by atoms with Crippen molar-refractivity contribution in [2.24, 2.45) is 10.3 Å². The van der Waals surface area contributed by atoms with Gasteiger partial charge in [0.2, 0.25) is 20.0 Å². The van der Waals surface area contributed by atoms with Gasteiger partial charge in [-0.15, -0.1) is 12.4 Å². The Bertz CT molecular complexity index is 722. The van der Waals surface area contributed by atoms with Gasteiger partial charge in [-0.3, -0.25) is 0 Å². The van der Waals surface area contributed by atoms with E-state index in [1.807, 2.05) is 0 Å². The van der Waals surface area contributed by atoms with E-state index in [1.165, 1.54) is 19.1 Å². The fourth-order valence-electron chi connectivity index (χ4n) is 2.62. The van der Waals surface area contributed by atoms with Crippen molar-refractivity contribution in [2.45, 2.75) is 36.2 Å². The van der Waals surface area contributed by atoms with Crippen LogP contribution in [0.5, 0.6) is 0 Å². The summed E-state index contributed by atoms with van der Waals surface area (Å²) in [5.41, 5.74) is -0.773. The average molecular weight is 517 g/mol. The molecule has 0 unspecified atom stereocenters. The lowest BCUT2D eigenvalue weighted by molar-refractivity contribution is 0.115. The molecule has 5 N–H and O–H groups in total. The summed E-state index contributed by atoms with van der Waals surface area (Å²) in [7, 11) is -4.21. The smallest absolute Gasteiger partial charge is 0.409 e. The van der Waals surface area contributed by atoms with Crippen LogP contribution in [0.4, 0.5) is 9.59 Å². The van der Waals surface area contributed by atoms with Crippen LogP contribution in [0.1, 0.15) is 25.7 Å². The number of hydrogen-bond donors (Lipinski definition) is 3. The highest BCUT2D eigenvalue weighted by Gasteiger charge is 2.29. The number of hydrogen-bond acceptors (Lipinski definition) is 9. The highest BCUT2D eigenvalue weighted by atomic mass is 35.5. The van der Waals surface area contributed by atoms with Gasteiger partial charge in [-0.05, 0) is 38.8 Å². The third-order valence-corrected chi connectivity index (χ3v) is 7.21. The summed E-state index contributed by atoms with van der Waals surface area (Å²) in [5.74, 6) is 0. The monoisotopic (exact) mass is 516 g/mol. The number of likely N-dealkylation sites (tertiary alicyclic amines) is 1.